The highest BCUT2D eigenvalue weighted by Gasteiger charge is 2.24. The maximum Gasteiger partial charge on any atom is 0.145 e. The third-order valence-electron chi connectivity index (χ3n) is 5.47. The molecule has 156 valence electrons. The number of allylic oxidation sites excluding steroid dienone is 3. The van der Waals surface area contributed by atoms with Crippen molar-refractivity contribution in [3.63, 3.8) is 0 Å². The van der Waals surface area contributed by atoms with Crippen molar-refractivity contribution in [1.82, 2.24) is 0 Å². The van der Waals surface area contributed by atoms with E-state index in [2.05, 4.69) is 60.7 Å². The van der Waals surface area contributed by atoms with Crippen molar-refractivity contribution < 1.29 is 0 Å². The van der Waals surface area contributed by atoms with Crippen molar-refractivity contribution in [3.05, 3.63) is 94.9 Å². The lowest BCUT2D eigenvalue weighted by atomic mass is 9.91. The normalized spacial score (nSPS) is 15.2. The average Bonchev–Trinajstić information content (AvgIpc) is 3.34. The van der Waals surface area contributed by atoms with Gasteiger partial charge >= 0.3 is 0 Å². The summed E-state index contributed by atoms with van der Waals surface area (Å²) >= 11 is 12.6. The molecule has 0 saturated carbocycles. The van der Waals surface area contributed by atoms with Gasteiger partial charge in [0.25, 0.3) is 0 Å². The first-order valence-electron chi connectivity index (χ1n) is 10.0. The highest BCUT2D eigenvalue weighted by molar-refractivity contribution is 8.26. The minimum atomic E-state index is 0.225. The summed E-state index contributed by atoms with van der Waals surface area (Å²) in [6.07, 6.45) is 3.04. The lowest BCUT2D eigenvalue weighted by Gasteiger charge is -2.15. The number of nitrogens with zero attached hydrogens (tertiary/aromatic N) is 2. The molecular formula is C25H16N2S5. The topological polar surface area (TPSA) is 47.6 Å². The molecule has 32 heavy (non-hydrogen) atoms. The van der Waals surface area contributed by atoms with Crippen molar-refractivity contribution in [2.24, 2.45) is 0 Å². The van der Waals surface area contributed by atoms with Gasteiger partial charge in [-0.1, -0.05) is 84.3 Å². The van der Waals surface area contributed by atoms with Gasteiger partial charge in [0.1, 0.15) is 20.8 Å². The summed E-state index contributed by atoms with van der Waals surface area (Å²) in [7, 11) is 0. The standard InChI is InChI=1S/C25H16N2S5/c26-13-21(14-27)19-9-15-1-5-17(6-2-15)11-20(12-18-7-3-16(10-19)4-8-18)22-29-23-24(30-22)32-25(28)31-23/h1-8H,9-12H2. The van der Waals surface area contributed by atoms with Crippen LogP contribution in [0.4, 0.5) is 0 Å². The molecule has 1 aromatic heterocycles. The molecule has 4 aliphatic carbocycles. The maximum atomic E-state index is 9.44. The summed E-state index contributed by atoms with van der Waals surface area (Å²) in [5.41, 5.74) is 7.35. The molecule has 1 aliphatic heterocycles. The number of thioether (sulfide) groups is 2. The first-order chi connectivity index (χ1) is 15.6. The van der Waals surface area contributed by atoms with Crippen molar-refractivity contribution in [2.75, 3.05) is 0 Å². The second kappa shape index (κ2) is 9.39. The van der Waals surface area contributed by atoms with Crippen molar-refractivity contribution in [2.45, 2.75) is 34.1 Å². The number of nitriles is 2. The smallest absolute Gasteiger partial charge is 0.145 e. The molecule has 2 nitrogen and oxygen atoms in total. The van der Waals surface area contributed by atoms with E-state index in [-0.39, 0.29) is 5.57 Å². The Balaban J connectivity index is 1.55. The molecule has 0 fully saturated rings. The predicted octanol–water partition coefficient (Wildman–Crippen LogP) is 7.88. The average molecular weight is 505 g/mol. The molecular weight excluding hydrogens is 489 g/mol. The van der Waals surface area contributed by atoms with E-state index >= 15 is 0 Å². The second-order valence-corrected chi connectivity index (χ2v) is 13.7. The van der Waals surface area contributed by atoms with Gasteiger partial charge in [0.2, 0.25) is 0 Å². The van der Waals surface area contributed by atoms with Crippen LogP contribution < -0.4 is 0 Å². The number of hydrogen-bond acceptors (Lipinski definition) is 7. The van der Waals surface area contributed by atoms with Crippen LogP contribution in [0.25, 0.3) is 0 Å². The van der Waals surface area contributed by atoms with Gasteiger partial charge in [-0.3, -0.25) is 0 Å². The Kier molecular flexibility index (Phi) is 6.37. The summed E-state index contributed by atoms with van der Waals surface area (Å²) in [4.78, 5) is 0. The van der Waals surface area contributed by atoms with Crippen molar-refractivity contribution in [3.8, 4) is 12.1 Å². The molecule has 0 unspecified atom stereocenters. The van der Waals surface area contributed by atoms with Gasteiger partial charge in [-0.25, -0.2) is 0 Å². The quantitative estimate of drug-likeness (QED) is 0.230. The summed E-state index contributed by atoms with van der Waals surface area (Å²) in [6, 6.07) is 21.4. The molecule has 2 aromatic carbocycles. The van der Waals surface area contributed by atoms with E-state index in [1.807, 2.05) is 23.5 Å². The lowest BCUT2D eigenvalue weighted by Crippen LogP contribution is -2.03. The summed E-state index contributed by atoms with van der Waals surface area (Å²) in [6.45, 7) is 0. The molecule has 0 atom stereocenters. The Morgan fingerprint density at radius 2 is 1.09 bits per heavy atom. The van der Waals surface area contributed by atoms with E-state index < -0.39 is 0 Å². The van der Waals surface area contributed by atoms with E-state index in [0.717, 1.165) is 32.7 Å². The number of benzene rings is 2. The molecule has 0 saturated heterocycles. The molecule has 7 heteroatoms. The molecule has 4 bridgehead atoms. The van der Waals surface area contributed by atoms with Gasteiger partial charge < -0.3 is 0 Å². The monoisotopic (exact) mass is 504 g/mol. The number of hydrogen-bond donors (Lipinski definition) is 0. The molecule has 0 N–H and O–H groups in total. The second-order valence-electron chi connectivity index (χ2n) is 7.67. The number of rotatable bonds is 0. The van der Waals surface area contributed by atoms with E-state index in [1.54, 1.807) is 22.7 Å². The van der Waals surface area contributed by atoms with Gasteiger partial charge in [0.05, 0.1) is 12.7 Å². The largest absolute Gasteiger partial charge is 0.192 e. The fourth-order valence-corrected chi connectivity index (χ4v) is 10.5. The van der Waals surface area contributed by atoms with Gasteiger partial charge in [-0.2, -0.15) is 10.5 Å². The summed E-state index contributed by atoms with van der Waals surface area (Å²) in [5, 5.41) is 18.9. The molecule has 5 aliphatic rings. The number of fused-ring (bicyclic) bond motifs is 1. The highest BCUT2D eigenvalue weighted by atomic mass is 32.2. The van der Waals surface area contributed by atoms with E-state index in [0.29, 0.717) is 12.8 Å². The van der Waals surface area contributed by atoms with E-state index in [4.69, 9.17) is 12.2 Å². The molecule has 8 rings (SSSR count). The van der Waals surface area contributed by atoms with Gasteiger partial charge in [-0.15, -0.1) is 22.7 Å². The molecule has 2 heterocycles. The Morgan fingerprint density at radius 1 is 0.688 bits per heavy atom. The van der Waals surface area contributed by atoms with E-state index in [1.165, 1.54) is 29.4 Å². The van der Waals surface area contributed by atoms with Crippen LogP contribution in [0, 0.1) is 25.8 Å². The molecule has 0 radical (unpaired) electrons. The predicted molar refractivity (Wildman–Crippen MR) is 138 cm³/mol. The minimum absolute atomic E-state index is 0.225. The first kappa shape index (κ1) is 21.7. The van der Waals surface area contributed by atoms with Crippen molar-refractivity contribution in [1.29, 1.82) is 10.5 Å². The summed E-state index contributed by atoms with van der Waals surface area (Å²) < 4.78 is 5.06. The third-order valence-corrected chi connectivity index (χ3v) is 11.3. The Bertz CT molecular complexity index is 1290. The summed E-state index contributed by atoms with van der Waals surface area (Å²) in [5.74, 6) is 0. The molecule has 0 spiro atoms. The van der Waals surface area contributed by atoms with Crippen LogP contribution in [-0.2, 0) is 25.7 Å². The lowest BCUT2D eigenvalue weighted by molar-refractivity contribution is 0.995. The van der Waals surface area contributed by atoms with Gasteiger partial charge in [-0.05, 0) is 59.1 Å². The van der Waals surface area contributed by atoms with Gasteiger partial charge in [0.15, 0.2) is 0 Å². The first-order valence-corrected chi connectivity index (χ1v) is 13.7. The van der Waals surface area contributed by atoms with Gasteiger partial charge in [0, 0.05) is 0 Å². The fraction of sp³-hybridized carbons (Fsp3) is 0.160. The highest BCUT2D eigenvalue weighted by Crippen LogP contribution is 2.57. The Morgan fingerprint density at radius 3 is 1.50 bits per heavy atom. The molecule has 3 aromatic rings. The van der Waals surface area contributed by atoms with Crippen LogP contribution in [-0.4, -0.2) is 0 Å². The van der Waals surface area contributed by atoms with Crippen LogP contribution in [0.1, 0.15) is 22.3 Å². The van der Waals surface area contributed by atoms with E-state index in [9.17, 15) is 10.5 Å². The minimum Gasteiger partial charge on any atom is -0.192 e. The van der Waals surface area contributed by atoms with Crippen LogP contribution >= 0.6 is 58.4 Å². The maximum absolute atomic E-state index is 9.44. The SMILES string of the molecule is N#CC(C#N)=C1Cc2ccc(cc2)CC(=C2Sc3sc(=S)sc3S2)Cc2ccc(cc2)C1. The Hall–Kier alpha value is -2.13. The van der Waals surface area contributed by atoms with Crippen LogP contribution in [0.15, 0.2) is 77.9 Å². The van der Waals surface area contributed by atoms with Crippen LogP contribution in [0.5, 0.6) is 0 Å². The zero-order valence-electron chi connectivity index (χ0n) is 16.9. The third kappa shape index (κ3) is 4.64. The zero-order chi connectivity index (χ0) is 22.1. The Labute approximate surface area is 208 Å². The zero-order valence-corrected chi connectivity index (χ0v) is 21.0. The van der Waals surface area contributed by atoms with Crippen molar-refractivity contribution >= 4 is 58.4 Å². The fourth-order valence-electron chi connectivity index (χ4n) is 3.88. The van der Waals surface area contributed by atoms with Crippen LogP contribution in [0.3, 0.4) is 0 Å². The molecule has 0 amide bonds. The van der Waals surface area contributed by atoms with Crippen LogP contribution in [0.2, 0.25) is 0 Å².